The molecular formula is C9H10NO4P. The van der Waals surface area contributed by atoms with Gasteiger partial charge in [0, 0.05) is 12.4 Å². The fourth-order valence-electron chi connectivity index (χ4n) is 1.01. The van der Waals surface area contributed by atoms with Crippen molar-refractivity contribution in [3.8, 4) is 5.75 Å². The summed E-state index contributed by atoms with van der Waals surface area (Å²) < 4.78 is 10.5. The van der Waals surface area contributed by atoms with Crippen LogP contribution in [0.5, 0.6) is 5.75 Å². The van der Waals surface area contributed by atoms with Crippen molar-refractivity contribution < 1.29 is 19.3 Å². The molecule has 6 heteroatoms. The smallest absolute Gasteiger partial charge is 0.280 e. The molecule has 0 aromatic heterocycles. The fraction of sp³-hybridized carbons (Fsp3) is 0.222. The van der Waals surface area contributed by atoms with E-state index in [0.29, 0.717) is 5.30 Å². The molecule has 0 radical (unpaired) electrons. The molecule has 1 amide bonds. The summed E-state index contributed by atoms with van der Waals surface area (Å²) in [5.41, 5.74) is 0.103. The number of phenols is 1. The summed E-state index contributed by atoms with van der Waals surface area (Å²) in [5.74, 6) is -0.686. The largest absolute Gasteiger partial charge is 0.507 e. The van der Waals surface area contributed by atoms with Crippen LogP contribution < -0.4 is 5.30 Å². The fourth-order valence-corrected chi connectivity index (χ4v) is 1.32. The first-order chi connectivity index (χ1) is 7.10. The molecular weight excluding hydrogens is 217 g/mol. The first-order valence-electron chi connectivity index (χ1n) is 4.08. The van der Waals surface area contributed by atoms with Crippen LogP contribution in [-0.2, 0) is 9.40 Å². The molecule has 0 fully saturated rings. The zero-order chi connectivity index (χ0) is 11.4. The second-order valence-corrected chi connectivity index (χ2v) is 3.48. The molecule has 1 aromatic carbocycles. The molecule has 15 heavy (non-hydrogen) atoms. The van der Waals surface area contributed by atoms with Crippen LogP contribution >= 0.6 is 8.46 Å². The van der Waals surface area contributed by atoms with Crippen molar-refractivity contribution in [3.05, 3.63) is 23.8 Å². The lowest BCUT2D eigenvalue weighted by Gasteiger charge is -2.14. The Labute approximate surface area is 88.4 Å². The Balaban J connectivity index is 3.05. The lowest BCUT2D eigenvalue weighted by Crippen LogP contribution is -2.25. The molecule has 1 rings (SSSR count). The molecule has 0 bridgehead atoms. The number of benzene rings is 1. The van der Waals surface area contributed by atoms with Crippen LogP contribution in [0.4, 0.5) is 0 Å². The Morgan fingerprint density at radius 3 is 2.67 bits per heavy atom. The van der Waals surface area contributed by atoms with E-state index in [1.807, 2.05) is 0 Å². The van der Waals surface area contributed by atoms with Crippen molar-refractivity contribution in [1.82, 2.24) is 5.06 Å². The Kier molecular flexibility index (Phi) is 3.77. The monoisotopic (exact) mass is 227 g/mol. The van der Waals surface area contributed by atoms with Crippen molar-refractivity contribution in [2.75, 3.05) is 14.2 Å². The molecule has 0 unspecified atom stereocenters. The summed E-state index contributed by atoms with van der Waals surface area (Å²) in [6.45, 7) is 0. The van der Waals surface area contributed by atoms with Crippen molar-refractivity contribution in [1.29, 1.82) is 0 Å². The van der Waals surface area contributed by atoms with Gasteiger partial charge < -0.3 is 5.11 Å². The predicted octanol–water partition coefficient (Wildman–Crippen LogP) is 0.943. The van der Waals surface area contributed by atoms with Gasteiger partial charge >= 0.3 is 0 Å². The molecule has 0 heterocycles. The van der Waals surface area contributed by atoms with Gasteiger partial charge in [-0.05, 0) is 18.2 Å². The topological polar surface area (TPSA) is 66.8 Å². The van der Waals surface area contributed by atoms with Gasteiger partial charge in [0.15, 0.2) is 8.46 Å². The van der Waals surface area contributed by atoms with E-state index >= 15 is 0 Å². The minimum absolute atomic E-state index is 0.103. The van der Waals surface area contributed by atoms with Crippen molar-refractivity contribution >= 4 is 19.7 Å². The number of hydrogen-bond donors (Lipinski definition) is 1. The molecule has 0 saturated carbocycles. The Morgan fingerprint density at radius 2 is 2.20 bits per heavy atom. The minimum Gasteiger partial charge on any atom is -0.507 e. The molecule has 1 N–H and O–H groups in total. The van der Waals surface area contributed by atoms with Crippen LogP contribution in [0.3, 0.4) is 0 Å². The van der Waals surface area contributed by atoms with Gasteiger partial charge in [-0.2, -0.15) is 0 Å². The lowest BCUT2D eigenvalue weighted by atomic mass is 10.2. The van der Waals surface area contributed by atoms with Gasteiger partial charge in [0.05, 0.1) is 12.7 Å². The predicted molar refractivity (Wildman–Crippen MR) is 54.4 cm³/mol. The normalized spacial score (nSPS) is 10.3. The van der Waals surface area contributed by atoms with E-state index in [1.165, 1.54) is 32.4 Å². The summed E-state index contributed by atoms with van der Waals surface area (Å²) in [6, 6.07) is 4.16. The SMILES string of the molecule is CON(C)C(=O)c1ccc(P=O)cc1O. The van der Waals surface area contributed by atoms with Gasteiger partial charge in [0.2, 0.25) is 0 Å². The van der Waals surface area contributed by atoms with Gasteiger partial charge in [-0.25, -0.2) is 5.06 Å². The molecule has 0 aliphatic carbocycles. The van der Waals surface area contributed by atoms with Crippen LogP contribution in [0.15, 0.2) is 18.2 Å². The first kappa shape index (κ1) is 11.6. The van der Waals surface area contributed by atoms with Gasteiger partial charge in [0.25, 0.3) is 5.91 Å². The standard InChI is InChI=1S/C9H10NO4P/c1-10(14-2)9(12)7-4-3-6(15-13)5-8(7)11/h3-5,11H,1-2H3. The van der Waals surface area contributed by atoms with E-state index < -0.39 is 5.91 Å². The van der Waals surface area contributed by atoms with Crippen LogP contribution in [-0.4, -0.2) is 30.2 Å². The molecule has 0 aliphatic heterocycles. The quantitative estimate of drug-likeness (QED) is 0.616. The highest BCUT2D eigenvalue weighted by atomic mass is 31.1. The second-order valence-electron chi connectivity index (χ2n) is 2.78. The zero-order valence-electron chi connectivity index (χ0n) is 8.30. The van der Waals surface area contributed by atoms with E-state index in [1.54, 1.807) is 0 Å². The molecule has 5 nitrogen and oxygen atoms in total. The van der Waals surface area contributed by atoms with Crippen LogP contribution in [0.2, 0.25) is 0 Å². The van der Waals surface area contributed by atoms with E-state index in [2.05, 4.69) is 4.84 Å². The van der Waals surface area contributed by atoms with Crippen molar-refractivity contribution in [2.45, 2.75) is 0 Å². The number of phenolic OH excluding ortho intramolecular Hbond substituents is 1. The Morgan fingerprint density at radius 1 is 1.53 bits per heavy atom. The number of carbonyl (C=O) groups excluding carboxylic acids is 1. The molecule has 0 atom stereocenters. The number of rotatable bonds is 3. The number of hydroxylamine groups is 2. The number of hydrogen-bond acceptors (Lipinski definition) is 4. The number of amides is 1. The number of nitrogens with zero attached hydrogens (tertiary/aromatic N) is 1. The van der Waals surface area contributed by atoms with Crippen molar-refractivity contribution in [2.24, 2.45) is 0 Å². The van der Waals surface area contributed by atoms with Gasteiger partial charge in [-0.15, -0.1) is 0 Å². The number of carbonyl (C=O) groups is 1. The third-order valence-corrected chi connectivity index (χ3v) is 2.37. The maximum atomic E-state index is 11.6. The van der Waals surface area contributed by atoms with Gasteiger partial charge in [-0.1, -0.05) is 0 Å². The summed E-state index contributed by atoms with van der Waals surface area (Å²) in [6.07, 6.45) is 0. The molecule has 0 aliphatic rings. The Bertz CT molecular complexity index is 394. The first-order valence-corrected chi connectivity index (χ1v) is 4.90. The summed E-state index contributed by atoms with van der Waals surface area (Å²) in [4.78, 5) is 16.2. The molecule has 1 aromatic rings. The van der Waals surface area contributed by atoms with Gasteiger partial charge in [-0.3, -0.25) is 14.2 Å². The molecule has 80 valence electrons. The van der Waals surface area contributed by atoms with Crippen LogP contribution in [0.1, 0.15) is 10.4 Å². The summed E-state index contributed by atoms with van der Waals surface area (Å²) in [7, 11) is 2.58. The maximum Gasteiger partial charge on any atom is 0.280 e. The highest BCUT2D eigenvalue weighted by Crippen LogP contribution is 2.18. The van der Waals surface area contributed by atoms with E-state index in [-0.39, 0.29) is 19.8 Å². The van der Waals surface area contributed by atoms with Gasteiger partial charge in [0.1, 0.15) is 5.75 Å². The summed E-state index contributed by atoms with van der Waals surface area (Å²) >= 11 is 0. The number of aromatic hydroxyl groups is 1. The molecule has 0 spiro atoms. The van der Waals surface area contributed by atoms with Crippen LogP contribution in [0.25, 0.3) is 0 Å². The summed E-state index contributed by atoms with van der Waals surface area (Å²) in [5, 5.41) is 10.9. The third kappa shape index (κ3) is 2.52. The molecule has 0 saturated heterocycles. The average Bonchev–Trinajstić information content (AvgIpc) is 2.26. The average molecular weight is 227 g/mol. The van der Waals surface area contributed by atoms with E-state index in [4.69, 9.17) is 0 Å². The lowest BCUT2D eigenvalue weighted by molar-refractivity contribution is -0.0758. The Hall–Kier alpha value is -1.45. The third-order valence-electron chi connectivity index (χ3n) is 1.88. The maximum absolute atomic E-state index is 11.6. The zero-order valence-corrected chi connectivity index (χ0v) is 9.19. The van der Waals surface area contributed by atoms with E-state index in [9.17, 15) is 14.5 Å². The van der Waals surface area contributed by atoms with Crippen molar-refractivity contribution in [3.63, 3.8) is 0 Å². The highest BCUT2D eigenvalue weighted by molar-refractivity contribution is 7.34. The van der Waals surface area contributed by atoms with Crippen LogP contribution in [0, 0.1) is 0 Å². The second kappa shape index (κ2) is 4.87. The minimum atomic E-state index is -0.468. The van der Waals surface area contributed by atoms with E-state index in [0.717, 1.165) is 5.06 Å². The highest BCUT2D eigenvalue weighted by Gasteiger charge is 2.15.